The first-order valence-electron chi connectivity index (χ1n) is 8.77. The lowest BCUT2D eigenvalue weighted by molar-refractivity contribution is -0.134. The van der Waals surface area contributed by atoms with Crippen molar-refractivity contribution in [2.45, 2.75) is 33.1 Å². The fraction of sp³-hybridized carbons (Fsp3) is 0.706. The molecule has 23 heavy (non-hydrogen) atoms. The summed E-state index contributed by atoms with van der Waals surface area (Å²) in [7, 11) is 0. The van der Waals surface area contributed by atoms with Gasteiger partial charge < -0.3 is 14.7 Å². The molecule has 1 aromatic rings. The lowest BCUT2D eigenvalue weighted by Gasteiger charge is -2.36. The summed E-state index contributed by atoms with van der Waals surface area (Å²) in [6, 6.07) is 1.98. The summed E-state index contributed by atoms with van der Waals surface area (Å²) in [5.74, 6) is 2.16. The van der Waals surface area contributed by atoms with Gasteiger partial charge in [0.15, 0.2) is 0 Å². The Hall–Kier alpha value is -1.85. The Balaban J connectivity index is 1.63. The van der Waals surface area contributed by atoms with E-state index in [1.165, 1.54) is 19.3 Å². The lowest BCUT2D eigenvalue weighted by Crippen LogP contribution is -2.50. The quantitative estimate of drug-likeness (QED) is 0.850. The number of anilines is 2. The van der Waals surface area contributed by atoms with Gasteiger partial charge in [-0.15, -0.1) is 0 Å². The number of carbonyl (C=O) groups is 1. The van der Waals surface area contributed by atoms with Crippen molar-refractivity contribution in [2.75, 3.05) is 49.1 Å². The number of hydrogen-bond donors (Lipinski definition) is 0. The topological polar surface area (TPSA) is 52.6 Å². The zero-order valence-corrected chi connectivity index (χ0v) is 14.2. The SMILES string of the molecule is CC(C)C(=O)N1CCN(c2ccnc(N3CCCCC3)n2)CC1. The molecule has 0 unspecified atom stereocenters. The number of piperazine rings is 1. The van der Waals surface area contributed by atoms with Crippen molar-refractivity contribution in [1.29, 1.82) is 0 Å². The molecule has 2 aliphatic heterocycles. The molecule has 3 rings (SSSR count). The van der Waals surface area contributed by atoms with Gasteiger partial charge in [-0.05, 0) is 25.3 Å². The van der Waals surface area contributed by atoms with E-state index in [4.69, 9.17) is 4.98 Å². The van der Waals surface area contributed by atoms with Gasteiger partial charge in [0.25, 0.3) is 0 Å². The summed E-state index contributed by atoms with van der Waals surface area (Å²) in [6.07, 6.45) is 5.62. The molecular formula is C17H27N5O. The van der Waals surface area contributed by atoms with Crippen LogP contribution >= 0.6 is 0 Å². The number of nitrogens with zero attached hydrogens (tertiary/aromatic N) is 5. The molecule has 2 fully saturated rings. The molecule has 6 heteroatoms. The minimum atomic E-state index is 0.0753. The largest absolute Gasteiger partial charge is 0.353 e. The van der Waals surface area contributed by atoms with Crippen LogP contribution in [0.1, 0.15) is 33.1 Å². The van der Waals surface area contributed by atoms with Gasteiger partial charge >= 0.3 is 0 Å². The molecule has 0 spiro atoms. The molecule has 0 saturated carbocycles. The summed E-state index contributed by atoms with van der Waals surface area (Å²) < 4.78 is 0. The second kappa shape index (κ2) is 7.15. The predicted octanol–water partition coefficient (Wildman–Crippen LogP) is 1.77. The molecule has 3 heterocycles. The molecule has 2 aliphatic rings. The molecule has 2 saturated heterocycles. The number of amides is 1. The van der Waals surface area contributed by atoms with E-state index in [-0.39, 0.29) is 11.8 Å². The Kier molecular flexibility index (Phi) is 4.98. The Labute approximate surface area is 138 Å². The maximum absolute atomic E-state index is 12.1. The van der Waals surface area contributed by atoms with Crippen LogP contribution in [-0.2, 0) is 4.79 Å². The van der Waals surface area contributed by atoms with Crippen molar-refractivity contribution in [2.24, 2.45) is 5.92 Å². The fourth-order valence-electron chi connectivity index (χ4n) is 3.28. The third-order valence-electron chi connectivity index (χ3n) is 4.68. The van der Waals surface area contributed by atoms with E-state index in [1.807, 2.05) is 31.0 Å². The Morgan fingerprint density at radius 3 is 2.35 bits per heavy atom. The molecular weight excluding hydrogens is 290 g/mol. The van der Waals surface area contributed by atoms with Crippen LogP contribution < -0.4 is 9.80 Å². The molecule has 1 aromatic heterocycles. The highest BCUT2D eigenvalue weighted by Crippen LogP contribution is 2.20. The van der Waals surface area contributed by atoms with E-state index >= 15 is 0 Å². The molecule has 0 bridgehead atoms. The fourth-order valence-corrected chi connectivity index (χ4v) is 3.28. The maximum atomic E-state index is 12.1. The van der Waals surface area contributed by atoms with E-state index in [1.54, 1.807) is 0 Å². The third-order valence-corrected chi connectivity index (χ3v) is 4.68. The highest BCUT2D eigenvalue weighted by atomic mass is 16.2. The Morgan fingerprint density at radius 2 is 1.70 bits per heavy atom. The maximum Gasteiger partial charge on any atom is 0.227 e. The third kappa shape index (κ3) is 3.74. The van der Waals surface area contributed by atoms with Crippen molar-refractivity contribution in [3.8, 4) is 0 Å². The number of hydrogen-bond acceptors (Lipinski definition) is 5. The molecule has 6 nitrogen and oxygen atoms in total. The average molecular weight is 317 g/mol. The van der Waals surface area contributed by atoms with E-state index in [0.717, 1.165) is 51.0 Å². The molecule has 0 aromatic carbocycles. The van der Waals surface area contributed by atoms with Gasteiger partial charge in [-0.3, -0.25) is 4.79 Å². The van der Waals surface area contributed by atoms with Gasteiger partial charge in [-0.2, -0.15) is 4.98 Å². The highest BCUT2D eigenvalue weighted by molar-refractivity contribution is 5.78. The monoisotopic (exact) mass is 317 g/mol. The lowest BCUT2D eigenvalue weighted by atomic mass is 10.1. The van der Waals surface area contributed by atoms with Gasteiger partial charge in [0.05, 0.1) is 0 Å². The number of carbonyl (C=O) groups excluding carboxylic acids is 1. The summed E-state index contributed by atoms with van der Waals surface area (Å²) in [5, 5.41) is 0. The summed E-state index contributed by atoms with van der Waals surface area (Å²) in [6.45, 7) is 9.28. The Morgan fingerprint density at radius 1 is 1.00 bits per heavy atom. The summed E-state index contributed by atoms with van der Waals surface area (Å²) >= 11 is 0. The van der Waals surface area contributed by atoms with Gasteiger partial charge in [0.2, 0.25) is 11.9 Å². The second-order valence-corrected chi connectivity index (χ2v) is 6.73. The van der Waals surface area contributed by atoms with Crippen molar-refractivity contribution in [1.82, 2.24) is 14.9 Å². The minimum Gasteiger partial charge on any atom is -0.353 e. The zero-order valence-electron chi connectivity index (χ0n) is 14.2. The van der Waals surface area contributed by atoms with Gasteiger partial charge in [-0.25, -0.2) is 4.98 Å². The average Bonchev–Trinajstić information content (AvgIpc) is 2.62. The zero-order chi connectivity index (χ0) is 16.2. The van der Waals surface area contributed by atoms with Crippen molar-refractivity contribution in [3.63, 3.8) is 0 Å². The van der Waals surface area contributed by atoms with Crippen molar-refractivity contribution >= 4 is 17.7 Å². The van der Waals surface area contributed by atoms with Gasteiger partial charge in [0.1, 0.15) is 5.82 Å². The van der Waals surface area contributed by atoms with Crippen molar-refractivity contribution in [3.05, 3.63) is 12.3 Å². The highest BCUT2D eigenvalue weighted by Gasteiger charge is 2.24. The normalized spacial score (nSPS) is 19.3. The summed E-state index contributed by atoms with van der Waals surface area (Å²) in [4.78, 5) is 27.8. The van der Waals surface area contributed by atoms with Crippen LogP contribution in [0.5, 0.6) is 0 Å². The van der Waals surface area contributed by atoms with Crippen LogP contribution in [0.2, 0.25) is 0 Å². The van der Waals surface area contributed by atoms with Gasteiger partial charge in [0, 0.05) is 51.4 Å². The molecule has 126 valence electrons. The van der Waals surface area contributed by atoms with Crippen LogP contribution in [0.4, 0.5) is 11.8 Å². The van der Waals surface area contributed by atoms with Crippen LogP contribution in [0.15, 0.2) is 12.3 Å². The first-order valence-corrected chi connectivity index (χ1v) is 8.77. The number of aromatic nitrogens is 2. The smallest absolute Gasteiger partial charge is 0.227 e. The van der Waals surface area contributed by atoms with E-state index in [9.17, 15) is 4.79 Å². The molecule has 0 aliphatic carbocycles. The Bertz CT molecular complexity index is 534. The second-order valence-electron chi connectivity index (χ2n) is 6.73. The summed E-state index contributed by atoms with van der Waals surface area (Å²) in [5.41, 5.74) is 0. The number of rotatable bonds is 3. The number of piperidine rings is 1. The molecule has 0 radical (unpaired) electrons. The van der Waals surface area contributed by atoms with Gasteiger partial charge in [-0.1, -0.05) is 13.8 Å². The van der Waals surface area contributed by atoms with Crippen LogP contribution in [0.3, 0.4) is 0 Å². The molecule has 0 atom stereocenters. The first kappa shape index (κ1) is 16.0. The first-order chi connectivity index (χ1) is 11.1. The van der Waals surface area contributed by atoms with E-state index in [0.29, 0.717) is 0 Å². The minimum absolute atomic E-state index is 0.0753. The van der Waals surface area contributed by atoms with Crippen LogP contribution in [0, 0.1) is 5.92 Å². The molecule has 1 amide bonds. The standard InChI is InChI=1S/C17H27N5O/c1-14(2)16(23)21-12-10-20(11-13-21)15-6-7-18-17(19-15)22-8-4-3-5-9-22/h6-7,14H,3-5,8-13H2,1-2H3. The molecule has 0 N–H and O–H groups in total. The van der Waals surface area contributed by atoms with Crippen molar-refractivity contribution < 1.29 is 4.79 Å². The van der Waals surface area contributed by atoms with Crippen LogP contribution in [-0.4, -0.2) is 60.0 Å². The van der Waals surface area contributed by atoms with E-state index < -0.39 is 0 Å². The van der Waals surface area contributed by atoms with Crippen LogP contribution in [0.25, 0.3) is 0 Å². The van der Waals surface area contributed by atoms with E-state index in [2.05, 4.69) is 14.8 Å². The predicted molar refractivity (Wildman–Crippen MR) is 91.7 cm³/mol.